The van der Waals surface area contributed by atoms with Gasteiger partial charge in [0.2, 0.25) is 5.91 Å². The highest BCUT2D eigenvalue weighted by molar-refractivity contribution is 8.03. The molecule has 0 spiro atoms. The van der Waals surface area contributed by atoms with Crippen molar-refractivity contribution in [1.29, 1.82) is 0 Å². The first-order valence-corrected chi connectivity index (χ1v) is 8.95. The van der Waals surface area contributed by atoms with Crippen LogP contribution in [0, 0.1) is 11.8 Å². The fourth-order valence-corrected chi connectivity index (χ4v) is 5.64. The zero-order chi connectivity index (χ0) is 17.2. The van der Waals surface area contributed by atoms with Crippen LogP contribution in [0.15, 0.2) is 23.1 Å². The maximum atomic E-state index is 12.3. The van der Waals surface area contributed by atoms with E-state index in [9.17, 15) is 19.8 Å². The number of carbonyl (C=O) groups excluding carboxylic acids is 1. The standard InChI is InChI=1S/C16H19N3O4S/c1-7-12-11(8(2)20)15(21)19(12)13(16(22)23)14(7)24-10-3-4-18-6-17-5-9(10)18/h5-8,10-12,20H,3-4H2,1-2H3,(H,22,23)/t7-,8?,10?,11-,12-/m1/s1. The fourth-order valence-electron chi connectivity index (χ4n) is 4.14. The molecule has 0 saturated carbocycles. The second-order valence-corrected chi connectivity index (χ2v) is 7.92. The summed E-state index contributed by atoms with van der Waals surface area (Å²) in [6.45, 7) is 4.41. The number of aliphatic carboxylic acids is 1. The molecule has 7 nitrogen and oxygen atoms in total. The van der Waals surface area contributed by atoms with Gasteiger partial charge in [-0.15, -0.1) is 11.8 Å². The van der Waals surface area contributed by atoms with E-state index >= 15 is 0 Å². The van der Waals surface area contributed by atoms with Crippen LogP contribution in [-0.2, 0) is 16.1 Å². The van der Waals surface area contributed by atoms with Gasteiger partial charge in [-0.3, -0.25) is 4.79 Å². The lowest BCUT2D eigenvalue weighted by Crippen LogP contribution is -2.63. The number of aliphatic hydroxyl groups is 1. The Bertz CT molecular complexity index is 756. The Labute approximate surface area is 143 Å². The second-order valence-electron chi connectivity index (χ2n) is 6.68. The number of nitrogens with zero attached hydrogens (tertiary/aromatic N) is 3. The van der Waals surface area contributed by atoms with Crippen molar-refractivity contribution in [3.63, 3.8) is 0 Å². The lowest BCUT2D eigenvalue weighted by atomic mass is 9.79. The molecule has 3 aliphatic heterocycles. The first-order chi connectivity index (χ1) is 11.4. The minimum Gasteiger partial charge on any atom is -0.477 e. The minimum absolute atomic E-state index is 0.0876. The van der Waals surface area contributed by atoms with Gasteiger partial charge in [0.1, 0.15) is 5.70 Å². The number of carboxylic acid groups (broad SMARTS) is 1. The number of aliphatic hydroxyl groups excluding tert-OH is 1. The number of fused-ring (bicyclic) bond motifs is 2. The van der Waals surface area contributed by atoms with Crippen molar-refractivity contribution in [2.24, 2.45) is 11.8 Å². The molecule has 24 heavy (non-hydrogen) atoms. The van der Waals surface area contributed by atoms with Crippen LogP contribution in [0.4, 0.5) is 0 Å². The second kappa shape index (κ2) is 5.35. The van der Waals surface area contributed by atoms with Gasteiger partial charge in [-0.1, -0.05) is 6.92 Å². The largest absolute Gasteiger partial charge is 0.477 e. The van der Waals surface area contributed by atoms with E-state index in [0.29, 0.717) is 0 Å². The van der Waals surface area contributed by atoms with E-state index in [4.69, 9.17) is 0 Å². The smallest absolute Gasteiger partial charge is 0.353 e. The zero-order valence-electron chi connectivity index (χ0n) is 13.4. The summed E-state index contributed by atoms with van der Waals surface area (Å²) in [6, 6.07) is -0.252. The van der Waals surface area contributed by atoms with Crippen LogP contribution in [0.25, 0.3) is 0 Å². The highest BCUT2D eigenvalue weighted by Gasteiger charge is 2.60. The fraction of sp³-hybridized carbons (Fsp3) is 0.562. The number of carbonyl (C=O) groups is 2. The highest BCUT2D eigenvalue weighted by Crippen LogP contribution is 2.54. The Kier molecular flexibility index (Phi) is 3.50. The van der Waals surface area contributed by atoms with Gasteiger partial charge < -0.3 is 19.7 Å². The number of thioether (sulfide) groups is 1. The number of hydrogen-bond donors (Lipinski definition) is 2. The lowest BCUT2D eigenvalue weighted by molar-refractivity contribution is -0.163. The molecule has 0 aliphatic carbocycles. The van der Waals surface area contributed by atoms with Crippen molar-refractivity contribution in [3.05, 3.63) is 28.8 Å². The first kappa shape index (κ1) is 15.7. The maximum Gasteiger partial charge on any atom is 0.353 e. The number of rotatable bonds is 4. The number of carboxylic acids is 1. The first-order valence-electron chi connectivity index (χ1n) is 8.07. The number of imidazole rings is 1. The lowest BCUT2D eigenvalue weighted by Gasteiger charge is -2.46. The summed E-state index contributed by atoms with van der Waals surface area (Å²) >= 11 is 1.53. The molecule has 0 bridgehead atoms. The minimum atomic E-state index is -1.07. The topological polar surface area (TPSA) is 95.7 Å². The predicted molar refractivity (Wildman–Crippen MR) is 86.8 cm³/mol. The van der Waals surface area contributed by atoms with Crippen LogP contribution < -0.4 is 0 Å². The Hall–Kier alpha value is -1.80. The molecule has 1 saturated heterocycles. The third-order valence-electron chi connectivity index (χ3n) is 5.29. The Morgan fingerprint density at radius 3 is 2.92 bits per heavy atom. The molecule has 4 heterocycles. The highest BCUT2D eigenvalue weighted by atomic mass is 32.2. The summed E-state index contributed by atoms with van der Waals surface area (Å²) in [6.07, 6.45) is 3.77. The zero-order valence-corrected chi connectivity index (χ0v) is 14.2. The SMILES string of the molecule is CC(O)[C@H]1C(=O)N2C(C(=O)O)=C(SC3CCn4cncc43)[C@H](C)[C@H]12. The predicted octanol–water partition coefficient (Wildman–Crippen LogP) is 1.21. The van der Waals surface area contributed by atoms with Crippen molar-refractivity contribution in [2.75, 3.05) is 0 Å². The molecule has 128 valence electrons. The Morgan fingerprint density at radius 2 is 2.25 bits per heavy atom. The average Bonchev–Trinajstić information content (AvgIpc) is 3.15. The van der Waals surface area contributed by atoms with E-state index in [1.807, 2.05) is 13.1 Å². The molecule has 2 N–H and O–H groups in total. The third-order valence-corrected chi connectivity index (χ3v) is 6.87. The summed E-state index contributed by atoms with van der Waals surface area (Å²) in [4.78, 5) is 30.4. The molecule has 0 aromatic carbocycles. The number of amides is 1. The molecule has 4 rings (SSSR count). The molecule has 3 aliphatic rings. The quantitative estimate of drug-likeness (QED) is 0.794. The number of aromatic nitrogens is 2. The van der Waals surface area contributed by atoms with Gasteiger partial charge in [-0.05, 0) is 13.3 Å². The van der Waals surface area contributed by atoms with Crippen molar-refractivity contribution >= 4 is 23.6 Å². The van der Waals surface area contributed by atoms with Gasteiger partial charge in [0.25, 0.3) is 0 Å². The van der Waals surface area contributed by atoms with Gasteiger partial charge in [0.05, 0.1) is 35.3 Å². The van der Waals surface area contributed by atoms with Crippen molar-refractivity contribution in [1.82, 2.24) is 14.5 Å². The summed E-state index contributed by atoms with van der Waals surface area (Å²) in [7, 11) is 0. The Balaban J connectivity index is 1.67. The van der Waals surface area contributed by atoms with E-state index in [2.05, 4.69) is 9.55 Å². The molecule has 1 aromatic rings. The molecule has 8 heteroatoms. The van der Waals surface area contributed by atoms with Crippen LogP contribution in [0.5, 0.6) is 0 Å². The van der Waals surface area contributed by atoms with Crippen LogP contribution in [0.3, 0.4) is 0 Å². The number of hydrogen-bond acceptors (Lipinski definition) is 5. The van der Waals surface area contributed by atoms with E-state index in [1.54, 1.807) is 13.3 Å². The molecule has 1 fully saturated rings. The van der Waals surface area contributed by atoms with E-state index in [0.717, 1.165) is 23.6 Å². The number of β-lactam (4-membered cyclic amide) rings is 1. The van der Waals surface area contributed by atoms with Crippen LogP contribution in [0.1, 0.15) is 31.2 Å². The molecule has 1 amide bonds. The van der Waals surface area contributed by atoms with E-state index in [-0.39, 0.29) is 28.8 Å². The van der Waals surface area contributed by atoms with Crippen LogP contribution in [-0.4, -0.2) is 48.7 Å². The monoisotopic (exact) mass is 349 g/mol. The molecular weight excluding hydrogens is 330 g/mol. The van der Waals surface area contributed by atoms with Crippen molar-refractivity contribution < 1.29 is 19.8 Å². The summed E-state index contributed by atoms with van der Waals surface area (Å²) < 4.78 is 2.08. The van der Waals surface area contributed by atoms with Crippen molar-refractivity contribution in [2.45, 2.75) is 44.2 Å². The molecule has 5 atom stereocenters. The molecule has 0 radical (unpaired) electrons. The van der Waals surface area contributed by atoms with Gasteiger partial charge in [-0.25, -0.2) is 9.78 Å². The molecule has 2 unspecified atom stereocenters. The van der Waals surface area contributed by atoms with Crippen molar-refractivity contribution in [3.8, 4) is 0 Å². The number of aryl methyl sites for hydroxylation is 1. The van der Waals surface area contributed by atoms with E-state index in [1.165, 1.54) is 16.7 Å². The van der Waals surface area contributed by atoms with Crippen LogP contribution in [0.2, 0.25) is 0 Å². The van der Waals surface area contributed by atoms with E-state index < -0.39 is 18.0 Å². The third kappa shape index (κ3) is 1.99. The summed E-state index contributed by atoms with van der Waals surface area (Å²) in [5, 5.41) is 19.7. The van der Waals surface area contributed by atoms with Gasteiger partial charge in [0, 0.05) is 23.6 Å². The molecular formula is C16H19N3O4S. The molecule has 1 aromatic heterocycles. The summed E-state index contributed by atoms with van der Waals surface area (Å²) in [5.41, 5.74) is 1.19. The Morgan fingerprint density at radius 1 is 1.50 bits per heavy atom. The summed E-state index contributed by atoms with van der Waals surface area (Å²) in [5.74, 6) is -1.96. The van der Waals surface area contributed by atoms with Gasteiger partial charge >= 0.3 is 5.97 Å². The van der Waals surface area contributed by atoms with Gasteiger partial charge in [0.15, 0.2) is 0 Å². The normalized spacial score (nSPS) is 32.6. The van der Waals surface area contributed by atoms with Crippen LogP contribution >= 0.6 is 11.8 Å². The maximum absolute atomic E-state index is 12.3. The average molecular weight is 349 g/mol. The van der Waals surface area contributed by atoms with Gasteiger partial charge in [-0.2, -0.15) is 0 Å².